The Labute approximate surface area is 168 Å². The molecule has 0 aromatic heterocycles. The minimum absolute atomic E-state index is 0.0562. The number of hydrogen-bond acceptors (Lipinski definition) is 7. The first-order valence-electron chi connectivity index (χ1n) is 9.62. The Morgan fingerprint density at radius 2 is 1.93 bits per heavy atom. The molecule has 1 aromatic carbocycles. The molecule has 1 aliphatic rings. The standard InChI is InChI=1S/C19H26N4O6/c1-3-20-17(24)12-21(4-2)18(25)13-29-19(26)15-11-14(23(27)28)7-8-16(15)22-9-5-6-10-22/h7-8,11H,3-6,9-10,12-13H2,1-2H3,(H,20,24). The van der Waals surface area contributed by atoms with Crippen LogP contribution in [0.2, 0.25) is 0 Å². The molecule has 1 saturated heterocycles. The number of rotatable bonds is 9. The van der Waals surface area contributed by atoms with E-state index in [4.69, 9.17) is 4.74 Å². The topological polar surface area (TPSA) is 122 Å². The van der Waals surface area contributed by atoms with Crippen molar-refractivity contribution in [3.05, 3.63) is 33.9 Å². The van der Waals surface area contributed by atoms with Gasteiger partial charge in [0.25, 0.3) is 11.6 Å². The number of nitrogens with one attached hydrogen (secondary N) is 1. The van der Waals surface area contributed by atoms with Gasteiger partial charge in [0.05, 0.1) is 22.7 Å². The van der Waals surface area contributed by atoms with Gasteiger partial charge in [-0.25, -0.2) is 4.79 Å². The second-order valence-corrected chi connectivity index (χ2v) is 6.59. The first-order valence-corrected chi connectivity index (χ1v) is 9.62. The van der Waals surface area contributed by atoms with Crippen LogP contribution in [0.4, 0.5) is 11.4 Å². The smallest absolute Gasteiger partial charge is 0.341 e. The molecule has 10 nitrogen and oxygen atoms in total. The summed E-state index contributed by atoms with van der Waals surface area (Å²) in [6.07, 6.45) is 1.94. The van der Waals surface area contributed by atoms with Crippen LogP contribution in [-0.2, 0) is 14.3 Å². The lowest BCUT2D eigenvalue weighted by molar-refractivity contribution is -0.384. The fraction of sp³-hybridized carbons (Fsp3) is 0.526. The first-order chi connectivity index (χ1) is 13.9. The maximum Gasteiger partial charge on any atom is 0.341 e. The number of amides is 2. The van der Waals surface area contributed by atoms with Gasteiger partial charge in [0.2, 0.25) is 5.91 Å². The Hall–Kier alpha value is -3.17. The highest BCUT2D eigenvalue weighted by Gasteiger charge is 2.25. The van der Waals surface area contributed by atoms with Crippen molar-refractivity contribution in [1.29, 1.82) is 0 Å². The number of nitro benzene ring substituents is 1. The molecule has 10 heteroatoms. The summed E-state index contributed by atoms with van der Waals surface area (Å²) in [4.78, 5) is 50.4. The van der Waals surface area contributed by atoms with Crippen LogP contribution < -0.4 is 10.2 Å². The molecule has 1 fully saturated rings. The van der Waals surface area contributed by atoms with Crippen LogP contribution >= 0.6 is 0 Å². The lowest BCUT2D eigenvalue weighted by atomic mass is 10.1. The molecule has 1 heterocycles. The monoisotopic (exact) mass is 406 g/mol. The maximum atomic E-state index is 12.6. The van der Waals surface area contributed by atoms with Gasteiger partial charge in [-0.1, -0.05) is 0 Å². The van der Waals surface area contributed by atoms with Crippen LogP contribution in [0, 0.1) is 10.1 Å². The molecule has 158 valence electrons. The quantitative estimate of drug-likeness (QED) is 0.373. The number of carbonyl (C=O) groups is 3. The molecule has 29 heavy (non-hydrogen) atoms. The fourth-order valence-corrected chi connectivity index (χ4v) is 3.13. The fourth-order valence-electron chi connectivity index (χ4n) is 3.13. The number of nitrogens with zero attached hydrogens (tertiary/aromatic N) is 3. The first kappa shape index (κ1) is 22.1. The molecule has 0 aliphatic carbocycles. The lowest BCUT2D eigenvalue weighted by Gasteiger charge is -2.22. The van der Waals surface area contributed by atoms with Crippen LogP contribution in [0.3, 0.4) is 0 Å². The predicted octanol–water partition coefficient (Wildman–Crippen LogP) is 1.34. The van der Waals surface area contributed by atoms with Gasteiger partial charge in [0, 0.05) is 38.3 Å². The van der Waals surface area contributed by atoms with Crippen molar-refractivity contribution in [3.8, 4) is 0 Å². The minimum atomic E-state index is -0.807. The van der Waals surface area contributed by atoms with Crippen molar-refractivity contribution in [2.24, 2.45) is 0 Å². The number of anilines is 1. The predicted molar refractivity (Wildman–Crippen MR) is 106 cm³/mol. The molecule has 1 aliphatic heterocycles. The van der Waals surface area contributed by atoms with Gasteiger partial charge in [-0.2, -0.15) is 0 Å². The summed E-state index contributed by atoms with van der Waals surface area (Å²) in [6, 6.07) is 4.06. The Bertz CT molecular complexity index is 776. The maximum absolute atomic E-state index is 12.6. The highest BCUT2D eigenvalue weighted by molar-refractivity contribution is 5.98. The van der Waals surface area contributed by atoms with E-state index in [9.17, 15) is 24.5 Å². The number of non-ortho nitro benzene ring substituents is 1. The normalized spacial score (nSPS) is 13.1. The summed E-state index contributed by atoms with van der Waals surface area (Å²) in [7, 11) is 0. The molecule has 0 bridgehead atoms. The third-order valence-corrected chi connectivity index (χ3v) is 4.63. The Balaban J connectivity index is 2.10. The highest BCUT2D eigenvalue weighted by Crippen LogP contribution is 2.29. The van der Waals surface area contributed by atoms with E-state index in [1.165, 1.54) is 23.1 Å². The SMILES string of the molecule is CCNC(=O)CN(CC)C(=O)COC(=O)c1cc([N+](=O)[O-])ccc1N1CCCC1. The van der Waals surface area contributed by atoms with E-state index in [2.05, 4.69) is 5.32 Å². The molecule has 0 unspecified atom stereocenters. The van der Waals surface area contributed by atoms with Gasteiger partial charge in [-0.15, -0.1) is 0 Å². The Morgan fingerprint density at radius 3 is 2.52 bits per heavy atom. The molecule has 0 spiro atoms. The van der Waals surface area contributed by atoms with Crippen molar-refractivity contribution in [2.45, 2.75) is 26.7 Å². The number of ether oxygens (including phenoxy) is 1. The molecular formula is C19H26N4O6. The summed E-state index contributed by atoms with van der Waals surface area (Å²) in [5.74, 6) is -1.62. The van der Waals surface area contributed by atoms with Crippen molar-refractivity contribution >= 4 is 29.2 Å². The zero-order valence-corrected chi connectivity index (χ0v) is 16.7. The number of esters is 1. The van der Waals surface area contributed by atoms with Crippen LogP contribution in [0.25, 0.3) is 0 Å². The molecule has 2 rings (SSSR count). The Kier molecular flexibility index (Phi) is 7.93. The largest absolute Gasteiger partial charge is 0.452 e. The van der Waals surface area contributed by atoms with E-state index in [-0.39, 0.29) is 30.2 Å². The van der Waals surface area contributed by atoms with Crippen LogP contribution in [0.1, 0.15) is 37.0 Å². The third kappa shape index (κ3) is 5.90. The van der Waals surface area contributed by atoms with Crippen LogP contribution in [-0.4, -0.2) is 66.9 Å². The van der Waals surface area contributed by atoms with E-state index in [1.807, 2.05) is 4.90 Å². The summed E-state index contributed by atoms with van der Waals surface area (Å²) in [5, 5.41) is 13.7. The lowest BCUT2D eigenvalue weighted by Crippen LogP contribution is -2.42. The summed E-state index contributed by atoms with van der Waals surface area (Å²) in [6.45, 7) is 5.03. The van der Waals surface area contributed by atoms with Gasteiger partial charge < -0.3 is 19.9 Å². The van der Waals surface area contributed by atoms with Crippen molar-refractivity contribution in [2.75, 3.05) is 44.2 Å². The van der Waals surface area contributed by atoms with Crippen LogP contribution in [0.5, 0.6) is 0 Å². The van der Waals surface area contributed by atoms with E-state index >= 15 is 0 Å². The minimum Gasteiger partial charge on any atom is -0.452 e. The second-order valence-electron chi connectivity index (χ2n) is 6.59. The van der Waals surface area contributed by atoms with E-state index in [0.29, 0.717) is 12.2 Å². The molecule has 2 amide bonds. The van der Waals surface area contributed by atoms with Gasteiger partial charge in [0.15, 0.2) is 6.61 Å². The zero-order chi connectivity index (χ0) is 21.4. The van der Waals surface area contributed by atoms with Crippen LogP contribution in [0.15, 0.2) is 18.2 Å². The molecule has 0 saturated carbocycles. The average molecular weight is 406 g/mol. The van der Waals surface area contributed by atoms with E-state index in [1.54, 1.807) is 13.8 Å². The number of carbonyl (C=O) groups excluding carboxylic acids is 3. The van der Waals surface area contributed by atoms with Crippen molar-refractivity contribution in [1.82, 2.24) is 10.2 Å². The second kappa shape index (κ2) is 10.4. The number of hydrogen-bond donors (Lipinski definition) is 1. The molecular weight excluding hydrogens is 380 g/mol. The Morgan fingerprint density at radius 1 is 1.24 bits per heavy atom. The number of likely N-dealkylation sites (N-methyl/N-ethyl adjacent to an activating group) is 2. The summed E-state index contributed by atoms with van der Waals surface area (Å²) < 4.78 is 5.14. The molecule has 0 radical (unpaired) electrons. The van der Waals surface area contributed by atoms with Gasteiger partial charge in [-0.05, 0) is 32.8 Å². The highest BCUT2D eigenvalue weighted by atomic mass is 16.6. The summed E-state index contributed by atoms with van der Waals surface area (Å²) in [5.41, 5.74) is 0.388. The molecule has 1 aromatic rings. The zero-order valence-electron chi connectivity index (χ0n) is 16.7. The van der Waals surface area contributed by atoms with Gasteiger partial charge in [0.1, 0.15) is 0 Å². The molecule has 1 N–H and O–H groups in total. The average Bonchev–Trinajstić information content (AvgIpc) is 3.24. The summed E-state index contributed by atoms with van der Waals surface area (Å²) >= 11 is 0. The van der Waals surface area contributed by atoms with Gasteiger partial charge in [-0.3, -0.25) is 19.7 Å². The third-order valence-electron chi connectivity index (χ3n) is 4.63. The van der Waals surface area contributed by atoms with Gasteiger partial charge >= 0.3 is 5.97 Å². The van der Waals surface area contributed by atoms with E-state index in [0.717, 1.165) is 25.9 Å². The van der Waals surface area contributed by atoms with Crippen molar-refractivity contribution in [3.63, 3.8) is 0 Å². The molecule has 0 atom stereocenters. The van der Waals surface area contributed by atoms with Crippen molar-refractivity contribution < 1.29 is 24.0 Å². The van der Waals surface area contributed by atoms with E-state index < -0.39 is 23.4 Å². The number of nitro groups is 1. The number of benzene rings is 1.